The second-order valence-electron chi connectivity index (χ2n) is 9.46. The topological polar surface area (TPSA) is 0 Å². The third kappa shape index (κ3) is 4.90. The summed E-state index contributed by atoms with van der Waals surface area (Å²) in [5, 5.41) is 0. The van der Waals surface area contributed by atoms with E-state index >= 15 is 0 Å². The van der Waals surface area contributed by atoms with Crippen molar-refractivity contribution in [2.75, 3.05) is 0 Å². The molecular weight excluding hydrogens is 453 g/mol. The molecule has 0 bridgehead atoms. The second-order valence-corrected chi connectivity index (χ2v) is 9.46. The molecule has 0 aliphatic heterocycles. The van der Waals surface area contributed by atoms with Crippen LogP contribution in [0.15, 0.2) is 84.9 Å². The fourth-order valence-electron chi connectivity index (χ4n) is 5.70. The Morgan fingerprint density at radius 2 is 1.03 bits per heavy atom. The summed E-state index contributed by atoms with van der Waals surface area (Å²) >= 11 is 0. The van der Waals surface area contributed by atoms with Crippen LogP contribution in [0, 0.1) is 13.8 Å². The molecule has 2 aliphatic carbocycles. The molecule has 1 radical (unpaired) electrons. The molecule has 0 saturated carbocycles. The molecular formula is C34H34Sc-2. The minimum Gasteiger partial charge on any atom is -0.343 e. The molecule has 0 atom stereocenters. The van der Waals surface area contributed by atoms with Crippen LogP contribution in [0.25, 0.3) is 22.3 Å². The van der Waals surface area contributed by atoms with Crippen LogP contribution in [0.1, 0.15) is 71.9 Å². The van der Waals surface area contributed by atoms with E-state index in [9.17, 15) is 0 Å². The minimum atomic E-state index is 0. The van der Waals surface area contributed by atoms with E-state index < -0.39 is 0 Å². The standard InChI is InChI=1S/C30H25.C4H9.Sc/c1-2-9-24(27-16-7-14-25-22-12-5-3-10-20(22)18-29(25)27)28-17-8-15-26-23-13-6-4-11-21(23)19-30(26)28;1-3-4-2;/h3-8,10-17,24H,1-2,9,18-19H2;1,3-4H2,2H3;/q2*-1;. The first-order chi connectivity index (χ1) is 16.8. The van der Waals surface area contributed by atoms with Crippen molar-refractivity contribution in [2.24, 2.45) is 0 Å². The average molecular weight is 488 g/mol. The van der Waals surface area contributed by atoms with Gasteiger partial charge in [-0.05, 0) is 68.5 Å². The summed E-state index contributed by atoms with van der Waals surface area (Å²) in [6, 6.07) is 31.6. The molecule has 0 unspecified atom stereocenters. The van der Waals surface area contributed by atoms with Crippen molar-refractivity contribution in [2.45, 2.75) is 51.4 Å². The SMILES string of the molecule is [CH2-]CCC.[CH2-]CCC(c1cccc2c1Cc1ccccc1-2)c1cccc2c1Cc1ccccc1-2.[Sc]. The largest absolute Gasteiger partial charge is 0.343 e. The summed E-state index contributed by atoms with van der Waals surface area (Å²) in [5.74, 6) is 0.399. The zero-order chi connectivity index (χ0) is 23.5. The van der Waals surface area contributed by atoms with E-state index in [2.05, 4.69) is 106 Å². The first-order valence-electron chi connectivity index (χ1n) is 12.7. The molecule has 2 aliphatic rings. The Morgan fingerprint density at radius 1 is 0.600 bits per heavy atom. The van der Waals surface area contributed by atoms with Crippen LogP contribution in [-0.4, -0.2) is 0 Å². The molecule has 175 valence electrons. The van der Waals surface area contributed by atoms with Gasteiger partial charge in [0.05, 0.1) is 0 Å². The van der Waals surface area contributed by atoms with Gasteiger partial charge in [0.1, 0.15) is 0 Å². The van der Waals surface area contributed by atoms with Gasteiger partial charge in [-0.25, -0.2) is 0 Å². The van der Waals surface area contributed by atoms with Crippen LogP contribution in [-0.2, 0) is 38.7 Å². The van der Waals surface area contributed by atoms with E-state index in [1.54, 1.807) is 0 Å². The first-order valence-corrected chi connectivity index (χ1v) is 12.7. The Labute approximate surface area is 230 Å². The summed E-state index contributed by atoms with van der Waals surface area (Å²) < 4.78 is 0. The van der Waals surface area contributed by atoms with Crippen molar-refractivity contribution in [3.63, 3.8) is 0 Å². The summed E-state index contributed by atoms with van der Waals surface area (Å²) in [4.78, 5) is 0. The molecule has 35 heavy (non-hydrogen) atoms. The predicted octanol–water partition coefficient (Wildman–Crippen LogP) is 9.19. The molecule has 0 N–H and O–H groups in total. The number of hydrogen-bond donors (Lipinski definition) is 0. The maximum atomic E-state index is 4.24. The smallest absolute Gasteiger partial charge is 0.00711 e. The number of hydrogen-bond acceptors (Lipinski definition) is 0. The van der Waals surface area contributed by atoms with Crippen LogP contribution in [0.2, 0.25) is 0 Å². The molecule has 0 fully saturated rings. The van der Waals surface area contributed by atoms with Crippen molar-refractivity contribution in [1.82, 2.24) is 0 Å². The van der Waals surface area contributed by atoms with Crippen LogP contribution >= 0.6 is 0 Å². The van der Waals surface area contributed by atoms with Gasteiger partial charge in [0.15, 0.2) is 0 Å². The molecule has 0 heterocycles. The Bertz CT molecular complexity index is 1200. The van der Waals surface area contributed by atoms with Crippen molar-refractivity contribution in [3.8, 4) is 22.3 Å². The average Bonchev–Trinajstić information content (AvgIpc) is 3.46. The Hall–Kier alpha value is -2.25. The Balaban J connectivity index is 0.000000539. The maximum Gasteiger partial charge on any atom is 0.00711 e. The number of fused-ring (bicyclic) bond motifs is 6. The van der Waals surface area contributed by atoms with Crippen LogP contribution in [0.5, 0.6) is 0 Å². The van der Waals surface area contributed by atoms with Crippen molar-refractivity contribution in [1.29, 1.82) is 0 Å². The van der Waals surface area contributed by atoms with Gasteiger partial charge >= 0.3 is 0 Å². The summed E-state index contributed by atoms with van der Waals surface area (Å²) in [5.41, 5.74) is 14.6. The van der Waals surface area contributed by atoms with Crippen molar-refractivity contribution in [3.05, 3.63) is 132 Å². The van der Waals surface area contributed by atoms with E-state index in [-0.39, 0.29) is 25.8 Å². The molecule has 4 aromatic carbocycles. The van der Waals surface area contributed by atoms with Gasteiger partial charge in [-0.15, -0.1) is 0 Å². The summed E-state index contributed by atoms with van der Waals surface area (Å²) in [6.45, 7) is 9.96. The van der Waals surface area contributed by atoms with E-state index in [0.29, 0.717) is 5.92 Å². The quantitative estimate of drug-likeness (QED) is 0.213. The predicted molar refractivity (Wildman–Crippen MR) is 146 cm³/mol. The van der Waals surface area contributed by atoms with Gasteiger partial charge < -0.3 is 13.8 Å². The van der Waals surface area contributed by atoms with E-state index in [4.69, 9.17) is 0 Å². The molecule has 0 amide bonds. The molecule has 1 heteroatoms. The molecule has 0 aromatic heterocycles. The van der Waals surface area contributed by atoms with Crippen LogP contribution in [0.3, 0.4) is 0 Å². The van der Waals surface area contributed by atoms with Gasteiger partial charge in [-0.2, -0.15) is 12.8 Å². The van der Waals surface area contributed by atoms with Gasteiger partial charge in [-0.1, -0.05) is 105 Å². The fraction of sp³-hybridized carbons (Fsp3) is 0.235. The molecule has 4 aromatic rings. The van der Waals surface area contributed by atoms with Gasteiger partial charge in [-0.3, -0.25) is 0 Å². The van der Waals surface area contributed by atoms with Crippen LogP contribution < -0.4 is 0 Å². The fourth-order valence-corrected chi connectivity index (χ4v) is 5.70. The maximum absolute atomic E-state index is 4.24. The summed E-state index contributed by atoms with van der Waals surface area (Å²) in [6.07, 6.45) is 6.40. The van der Waals surface area contributed by atoms with Gasteiger partial charge in [0.2, 0.25) is 0 Å². The molecule has 6 rings (SSSR count). The Kier molecular flexibility index (Phi) is 8.60. The van der Waals surface area contributed by atoms with Crippen molar-refractivity contribution >= 4 is 0 Å². The first kappa shape index (κ1) is 25.8. The molecule has 0 saturated heterocycles. The van der Waals surface area contributed by atoms with E-state index in [0.717, 1.165) is 32.1 Å². The normalized spacial score (nSPS) is 12.1. The third-order valence-electron chi connectivity index (χ3n) is 7.37. The van der Waals surface area contributed by atoms with E-state index in [1.165, 1.54) is 62.1 Å². The van der Waals surface area contributed by atoms with Gasteiger partial charge in [0, 0.05) is 31.8 Å². The van der Waals surface area contributed by atoms with Gasteiger partial charge in [0.25, 0.3) is 0 Å². The third-order valence-corrected chi connectivity index (χ3v) is 7.37. The zero-order valence-electron chi connectivity index (χ0n) is 20.9. The monoisotopic (exact) mass is 487 g/mol. The zero-order valence-corrected chi connectivity index (χ0v) is 22.7. The molecule has 0 spiro atoms. The second kappa shape index (κ2) is 11.7. The summed E-state index contributed by atoms with van der Waals surface area (Å²) in [7, 11) is 0. The Morgan fingerprint density at radius 3 is 1.46 bits per heavy atom. The van der Waals surface area contributed by atoms with Crippen LogP contribution in [0.4, 0.5) is 0 Å². The number of rotatable bonds is 5. The van der Waals surface area contributed by atoms with Crippen molar-refractivity contribution < 1.29 is 25.8 Å². The number of unbranched alkanes of at least 4 members (excludes halogenated alkanes) is 1. The van der Waals surface area contributed by atoms with E-state index in [1.807, 2.05) is 0 Å². The number of benzene rings is 4. The minimum absolute atomic E-state index is 0. The molecule has 0 nitrogen and oxygen atoms in total.